The second-order valence-electron chi connectivity index (χ2n) is 10.8. The van der Waals surface area contributed by atoms with Crippen molar-refractivity contribution in [2.75, 3.05) is 19.6 Å². The lowest BCUT2D eigenvalue weighted by Gasteiger charge is -2.21. The number of nitrogens with zero attached hydrogens (tertiary/aromatic N) is 3. The van der Waals surface area contributed by atoms with Crippen LogP contribution in [0.2, 0.25) is 0 Å². The Bertz CT molecular complexity index is 814. The van der Waals surface area contributed by atoms with Gasteiger partial charge in [0.25, 0.3) is 0 Å². The van der Waals surface area contributed by atoms with E-state index in [1.807, 2.05) is 41.5 Å². The van der Waals surface area contributed by atoms with Crippen molar-refractivity contribution in [3.05, 3.63) is 16.7 Å². The summed E-state index contributed by atoms with van der Waals surface area (Å²) in [6, 6.07) is 0. The van der Waals surface area contributed by atoms with Crippen LogP contribution in [0.1, 0.15) is 79.0 Å². The van der Waals surface area contributed by atoms with Gasteiger partial charge in [-0.1, -0.05) is 0 Å². The van der Waals surface area contributed by atoms with Gasteiger partial charge in [-0.25, -0.2) is 0 Å². The Labute approximate surface area is 197 Å². The first kappa shape index (κ1) is 28.5. The van der Waals surface area contributed by atoms with Gasteiger partial charge in [0.2, 0.25) is 0 Å². The van der Waals surface area contributed by atoms with Crippen LogP contribution in [0.15, 0.2) is 15.0 Å². The summed E-state index contributed by atoms with van der Waals surface area (Å²) in [5.41, 5.74) is 17.8. The van der Waals surface area contributed by atoms with Crippen LogP contribution in [0.25, 0.3) is 0 Å². The van der Waals surface area contributed by atoms with Gasteiger partial charge in [0, 0.05) is 33.8 Å². The number of aliphatic imine (C=N–C) groups is 3. The zero-order valence-electron chi connectivity index (χ0n) is 21.5. The number of phenols is 3. The topological polar surface area (TPSA) is 176 Å². The van der Waals surface area contributed by atoms with E-state index in [0.29, 0.717) is 17.1 Å². The molecule has 186 valence electrons. The van der Waals surface area contributed by atoms with Crippen LogP contribution in [0.3, 0.4) is 0 Å². The third-order valence-corrected chi connectivity index (χ3v) is 4.68. The van der Waals surface area contributed by atoms with E-state index in [1.165, 1.54) is 0 Å². The predicted octanol–water partition coefficient (Wildman–Crippen LogP) is 2.44. The summed E-state index contributed by atoms with van der Waals surface area (Å²) in [6.07, 6.45) is 0. The molecule has 0 aliphatic rings. The van der Waals surface area contributed by atoms with E-state index >= 15 is 0 Å². The number of benzene rings is 1. The van der Waals surface area contributed by atoms with Crippen LogP contribution >= 0.6 is 0 Å². The second kappa shape index (κ2) is 10.2. The van der Waals surface area contributed by atoms with Crippen LogP contribution in [-0.2, 0) is 0 Å². The molecule has 9 nitrogen and oxygen atoms in total. The highest BCUT2D eigenvalue weighted by molar-refractivity contribution is 6.16. The molecule has 0 amide bonds. The first-order valence-electron chi connectivity index (χ1n) is 11.0. The Hall–Kier alpha value is -2.49. The van der Waals surface area contributed by atoms with Gasteiger partial charge in [0.15, 0.2) is 0 Å². The molecular formula is C24H42N6O3. The summed E-state index contributed by atoms with van der Waals surface area (Å²) in [5, 5.41) is 33.3. The quantitative estimate of drug-likeness (QED) is 0.307. The van der Waals surface area contributed by atoms with Crippen molar-refractivity contribution in [3.8, 4) is 17.2 Å². The van der Waals surface area contributed by atoms with Gasteiger partial charge >= 0.3 is 0 Å². The molecule has 0 spiro atoms. The summed E-state index contributed by atoms with van der Waals surface area (Å²) in [5.74, 6) is -0.978. The Balaban J connectivity index is 3.89. The van der Waals surface area contributed by atoms with E-state index < -0.39 is 16.6 Å². The number of hydrogen-bond acceptors (Lipinski definition) is 9. The first-order valence-corrected chi connectivity index (χ1v) is 11.0. The fourth-order valence-electron chi connectivity index (χ4n) is 2.94. The molecule has 0 aromatic heterocycles. The highest BCUT2D eigenvalue weighted by Gasteiger charge is 2.28. The van der Waals surface area contributed by atoms with Gasteiger partial charge in [-0.15, -0.1) is 0 Å². The zero-order valence-corrected chi connectivity index (χ0v) is 21.5. The van der Waals surface area contributed by atoms with Gasteiger partial charge in [-0.3, -0.25) is 15.0 Å². The van der Waals surface area contributed by atoms with Crippen molar-refractivity contribution in [2.45, 2.75) is 78.9 Å². The molecule has 1 aromatic rings. The molecule has 0 heterocycles. The van der Waals surface area contributed by atoms with E-state index in [1.54, 1.807) is 20.8 Å². The minimum atomic E-state index is -0.580. The molecule has 1 aromatic carbocycles. The molecule has 0 saturated heterocycles. The van der Waals surface area contributed by atoms with Crippen LogP contribution < -0.4 is 17.2 Å². The van der Waals surface area contributed by atoms with Crippen molar-refractivity contribution >= 4 is 17.1 Å². The van der Waals surface area contributed by atoms with E-state index in [9.17, 15) is 15.3 Å². The third-order valence-electron chi connectivity index (χ3n) is 4.68. The average molecular weight is 463 g/mol. The lowest BCUT2D eigenvalue weighted by molar-refractivity contribution is 0.423. The monoisotopic (exact) mass is 462 g/mol. The van der Waals surface area contributed by atoms with Gasteiger partial charge in [0.1, 0.15) is 17.2 Å². The number of aromatic hydroxyl groups is 3. The van der Waals surface area contributed by atoms with Gasteiger partial charge in [-0.2, -0.15) is 0 Å². The smallest absolute Gasteiger partial charge is 0.141 e. The molecule has 0 atom stereocenters. The van der Waals surface area contributed by atoms with Crippen molar-refractivity contribution < 1.29 is 15.3 Å². The van der Waals surface area contributed by atoms with Gasteiger partial charge < -0.3 is 32.5 Å². The van der Waals surface area contributed by atoms with Gasteiger partial charge in [-0.05, 0) is 62.3 Å². The van der Waals surface area contributed by atoms with Crippen LogP contribution in [-0.4, -0.2) is 68.7 Å². The summed E-state index contributed by atoms with van der Waals surface area (Å²) in [6.45, 7) is 16.8. The van der Waals surface area contributed by atoms with E-state index in [2.05, 4.69) is 15.0 Å². The lowest BCUT2D eigenvalue weighted by Crippen LogP contribution is -2.35. The molecule has 1 rings (SSSR count). The predicted molar refractivity (Wildman–Crippen MR) is 137 cm³/mol. The first-order chi connectivity index (χ1) is 14.7. The number of rotatable bonds is 9. The molecule has 9 N–H and O–H groups in total. The van der Waals surface area contributed by atoms with Crippen LogP contribution in [0.4, 0.5) is 0 Å². The van der Waals surface area contributed by atoms with Gasteiger partial charge in [0.05, 0.1) is 36.3 Å². The summed E-state index contributed by atoms with van der Waals surface area (Å²) < 4.78 is 0. The Morgan fingerprint density at radius 3 is 0.879 bits per heavy atom. The number of hydrogen-bond donors (Lipinski definition) is 6. The van der Waals surface area contributed by atoms with Crippen molar-refractivity contribution in [3.63, 3.8) is 0 Å². The fourth-order valence-corrected chi connectivity index (χ4v) is 2.94. The summed E-state index contributed by atoms with van der Waals surface area (Å²) >= 11 is 0. The molecule has 0 saturated carbocycles. The van der Waals surface area contributed by atoms with E-state index in [-0.39, 0.29) is 53.6 Å². The molecule has 0 aliphatic carbocycles. The molecule has 0 radical (unpaired) electrons. The normalized spacial score (nSPS) is 14.7. The molecule has 33 heavy (non-hydrogen) atoms. The standard InChI is InChI=1S/C24H42N6O3/c1-13(28-10-22(4,5)25)16-19(31)17(14(2)29-11-23(6,7)26)21(33)18(20(16)32)15(3)30-12-24(8,9)27/h31-33H,10-12,25-27H2,1-9H3. The Morgan fingerprint density at radius 1 is 0.545 bits per heavy atom. The van der Waals surface area contributed by atoms with Crippen molar-refractivity contribution in [1.82, 2.24) is 0 Å². The minimum absolute atomic E-state index is 0.0881. The SMILES string of the molecule is CC(=NCC(C)(C)N)c1c(O)c(C(C)=NCC(C)(C)N)c(O)c(C(C)=NCC(C)(C)N)c1O. The molecule has 9 heteroatoms. The Morgan fingerprint density at radius 2 is 0.727 bits per heavy atom. The molecule has 0 aliphatic heterocycles. The Kier molecular flexibility index (Phi) is 8.82. The fraction of sp³-hybridized carbons (Fsp3) is 0.625. The second-order valence-corrected chi connectivity index (χ2v) is 10.8. The minimum Gasteiger partial charge on any atom is -0.506 e. The van der Waals surface area contributed by atoms with Crippen molar-refractivity contribution in [1.29, 1.82) is 0 Å². The highest BCUT2D eigenvalue weighted by Crippen LogP contribution is 2.43. The number of phenolic OH excluding ortho intramolecular Hbond substituents is 3. The molecule has 0 unspecified atom stereocenters. The molecule has 0 fully saturated rings. The molecular weight excluding hydrogens is 420 g/mol. The largest absolute Gasteiger partial charge is 0.506 e. The maximum absolute atomic E-state index is 11.1. The third kappa shape index (κ3) is 8.42. The summed E-state index contributed by atoms with van der Waals surface area (Å²) in [4.78, 5) is 13.4. The maximum Gasteiger partial charge on any atom is 0.141 e. The number of nitrogens with two attached hydrogens (primary N) is 3. The van der Waals surface area contributed by atoms with Crippen molar-refractivity contribution in [2.24, 2.45) is 32.2 Å². The summed E-state index contributed by atoms with van der Waals surface area (Å²) in [7, 11) is 0. The zero-order chi connectivity index (χ0) is 25.9. The highest BCUT2D eigenvalue weighted by atomic mass is 16.3. The van der Waals surface area contributed by atoms with E-state index in [4.69, 9.17) is 17.2 Å². The van der Waals surface area contributed by atoms with Crippen LogP contribution in [0, 0.1) is 0 Å². The maximum atomic E-state index is 11.1. The van der Waals surface area contributed by atoms with Crippen LogP contribution in [0.5, 0.6) is 17.2 Å². The van der Waals surface area contributed by atoms with E-state index in [0.717, 1.165) is 0 Å². The lowest BCUT2D eigenvalue weighted by atomic mass is 9.93. The average Bonchev–Trinajstić information content (AvgIpc) is 2.61. The molecule has 0 bridgehead atoms.